The molecule has 1 heterocycles. The number of benzene rings is 1. The minimum Gasteiger partial charge on any atom is -0.326 e. The van der Waals surface area contributed by atoms with Crippen LogP contribution in [0.15, 0.2) is 32.5 Å². The van der Waals surface area contributed by atoms with Gasteiger partial charge in [0, 0.05) is 29.9 Å². The summed E-state index contributed by atoms with van der Waals surface area (Å²) in [6.07, 6.45) is 1.07. The molecule has 0 spiro atoms. The molecule has 2 N–H and O–H groups in total. The number of nitrogens with two attached hydrogens (primary N) is 1. The average Bonchev–Trinajstić information content (AvgIpc) is 2.69. The van der Waals surface area contributed by atoms with Crippen LogP contribution >= 0.6 is 15.9 Å². The monoisotopic (exact) mass is 396 g/mol. The van der Waals surface area contributed by atoms with Gasteiger partial charge in [0.15, 0.2) is 9.84 Å². The van der Waals surface area contributed by atoms with Crippen molar-refractivity contribution in [3.8, 4) is 0 Å². The number of nitrogens with zero attached hydrogens (tertiary/aromatic N) is 1. The van der Waals surface area contributed by atoms with E-state index in [2.05, 4.69) is 15.9 Å². The van der Waals surface area contributed by atoms with Crippen LogP contribution in [0.1, 0.15) is 6.92 Å². The molecule has 0 bridgehead atoms. The summed E-state index contributed by atoms with van der Waals surface area (Å²) in [7, 11) is -7.07. The quantitative estimate of drug-likeness (QED) is 0.815. The van der Waals surface area contributed by atoms with Gasteiger partial charge in [0.2, 0.25) is 10.0 Å². The van der Waals surface area contributed by atoms with Gasteiger partial charge in [-0.3, -0.25) is 0 Å². The fourth-order valence-electron chi connectivity index (χ4n) is 2.20. The molecular formula is C12H17BrN2O4S2. The van der Waals surface area contributed by atoms with Gasteiger partial charge >= 0.3 is 0 Å². The van der Waals surface area contributed by atoms with Crippen molar-refractivity contribution in [1.82, 2.24) is 4.31 Å². The Morgan fingerprint density at radius 3 is 2.29 bits per heavy atom. The number of sulfone groups is 1. The van der Waals surface area contributed by atoms with E-state index in [0.717, 1.165) is 6.26 Å². The summed E-state index contributed by atoms with van der Waals surface area (Å²) in [5, 5.41) is 0. The van der Waals surface area contributed by atoms with E-state index in [9.17, 15) is 16.8 Å². The molecule has 118 valence electrons. The highest BCUT2D eigenvalue weighted by atomic mass is 79.9. The molecule has 1 aromatic rings. The van der Waals surface area contributed by atoms with Crippen LogP contribution in [0, 0.1) is 5.92 Å². The van der Waals surface area contributed by atoms with Crippen molar-refractivity contribution in [2.45, 2.75) is 22.8 Å². The number of hydrogen-bond donors (Lipinski definition) is 1. The SMILES string of the molecule is CC1CN(S(=O)(=O)c2ccc(S(C)(=O)=O)cc2Br)CC1N. The predicted molar refractivity (Wildman–Crippen MR) is 83.2 cm³/mol. The lowest BCUT2D eigenvalue weighted by Gasteiger charge is -2.17. The van der Waals surface area contributed by atoms with Gasteiger partial charge < -0.3 is 5.73 Å². The van der Waals surface area contributed by atoms with Crippen LogP contribution in [0.2, 0.25) is 0 Å². The smallest absolute Gasteiger partial charge is 0.244 e. The second-order valence-corrected chi connectivity index (χ2v) is 10.1. The third-order valence-corrected chi connectivity index (χ3v) is 7.50. The Kier molecular flexibility index (Phi) is 4.52. The summed E-state index contributed by atoms with van der Waals surface area (Å²) >= 11 is 3.15. The number of hydrogen-bond acceptors (Lipinski definition) is 5. The summed E-state index contributed by atoms with van der Waals surface area (Å²) in [5.41, 5.74) is 5.87. The molecular weight excluding hydrogens is 380 g/mol. The highest BCUT2D eigenvalue weighted by molar-refractivity contribution is 9.10. The van der Waals surface area contributed by atoms with Crippen molar-refractivity contribution < 1.29 is 16.8 Å². The van der Waals surface area contributed by atoms with Crippen LogP contribution in [-0.4, -0.2) is 46.5 Å². The molecule has 9 heteroatoms. The topological polar surface area (TPSA) is 97.5 Å². The predicted octanol–water partition coefficient (Wildman–Crippen LogP) is 0.820. The first-order chi connectivity index (χ1) is 9.53. The van der Waals surface area contributed by atoms with E-state index in [4.69, 9.17) is 5.73 Å². The zero-order valence-electron chi connectivity index (χ0n) is 11.7. The number of halogens is 1. The van der Waals surface area contributed by atoms with Gasteiger partial charge in [0.25, 0.3) is 0 Å². The van der Waals surface area contributed by atoms with Gasteiger partial charge in [-0.2, -0.15) is 4.31 Å². The van der Waals surface area contributed by atoms with Gasteiger partial charge in [-0.1, -0.05) is 6.92 Å². The first-order valence-electron chi connectivity index (χ1n) is 6.29. The van der Waals surface area contributed by atoms with Gasteiger partial charge in [-0.15, -0.1) is 0 Å². The number of sulfonamides is 1. The first kappa shape index (κ1) is 16.9. The van der Waals surface area contributed by atoms with Crippen molar-refractivity contribution in [2.75, 3.05) is 19.3 Å². The molecule has 0 aliphatic carbocycles. The van der Waals surface area contributed by atoms with Crippen molar-refractivity contribution in [1.29, 1.82) is 0 Å². The maximum absolute atomic E-state index is 12.6. The molecule has 1 saturated heterocycles. The highest BCUT2D eigenvalue weighted by Gasteiger charge is 2.36. The zero-order chi connectivity index (χ0) is 16.0. The van der Waals surface area contributed by atoms with Crippen LogP contribution in [0.5, 0.6) is 0 Å². The van der Waals surface area contributed by atoms with Gasteiger partial charge in [-0.25, -0.2) is 16.8 Å². The van der Waals surface area contributed by atoms with Crippen LogP contribution in [0.4, 0.5) is 0 Å². The highest BCUT2D eigenvalue weighted by Crippen LogP contribution is 2.30. The molecule has 2 atom stereocenters. The Hall–Kier alpha value is -0.480. The molecule has 2 unspecified atom stereocenters. The minimum absolute atomic E-state index is 0.0520. The summed E-state index contributed by atoms with van der Waals surface area (Å²) in [6.45, 7) is 2.54. The molecule has 1 aromatic carbocycles. The third-order valence-electron chi connectivity index (χ3n) is 3.59. The van der Waals surface area contributed by atoms with Crippen LogP contribution in [0.3, 0.4) is 0 Å². The fourth-order valence-corrected chi connectivity index (χ4v) is 5.62. The summed E-state index contributed by atoms with van der Waals surface area (Å²) < 4.78 is 49.7. The van der Waals surface area contributed by atoms with E-state index in [1.54, 1.807) is 0 Å². The Labute approximate surface area is 133 Å². The molecule has 6 nitrogen and oxygen atoms in total. The summed E-state index contributed by atoms with van der Waals surface area (Å²) in [4.78, 5) is 0.121. The molecule has 1 aliphatic rings. The van der Waals surface area contributed by atoms with E-state index in [0.29, 0.717) is 6.54 Å². The van der Waals surface area contributed by atoms with E-state index in [1.165, 1.54) is 22.5 Å². The van der Waals surface area contributed by atoms with Crippen molar-refractivity contribution in [3.05, 3.63) is 22.7 Å². The Balaban J connectivity index is 2.43. The lowest BCUT2D eigenvalue weighted by molar-refractivity contribution is 0.464. The van der Waals surface area contributed by atoms with Crippen molar-refractivity contribution >= 4 is 35.8 Å². The molecule has 1 fully saturated rings. The maximum Gasteiger partial charge on any atom is 0.244 e. The third kappa shape index (κ3) is 3.31. The van der Waals surface area contributed by atoms with E-state index < -0.39 is 19.9 Å². The zero-order valence-corrected chi connectivity index (χ0v) is 14.9. The second kappa shape index (κ2) is 5.62. The Morgan fingerprint density at radius 1 is 1.24 bits per heavy atom. The van der Waals surface area contributed by atoms with E-state index in [-0.39, 0.29) is 32.8 Å². The standard InChI is InChI=1S/C12H17BrN2O4S2/c1-8-6-15(7-11(8)14)21(18,19)12-4-3-9(5-10(12)13)20(2,16)17/h3-5,8,11H,6-7,14H2,1-2H3. The molecule has 0 radical (unpaired) electrons. The summed E-state index contributed by atoms with van der Waals surface area (Å²) in [5.74, 6) is 0.0915. The Morgan fingerprint density at radius 2 is 1.86 bits per heavy atom. The molecule has 0 saturated carbocycles. The van der Waals surface area contributed by atoms with E-state index in [1.807, 2.05) is 6.92 Å². The molecule has 0 aromatic heterocycles. The molecule has 0 amide bonds. The van der Waals surface area contributed by atoms with Crippen LogP contribution < -0.4 is 5.73 Å². The molecule has 21 heavy (non-hydrogen) atoms. The lowest BCUT2D eigenvalue weighted by atomic mass is 10.1. The largest absolute Gasteiger partial charge is 0.326 e. The molecule has 2 rings (SSSR count). The minimum atomic E-state index is -3.69. The van der Waals surface area contributed by atoms with E-state index >= 15 is 0 Å². The van der Waals surface area contributed by atoms with Crippen molar-refractivity contribution in [2.24, 2.45) is 11.7 Å². The van der Waals surface area contributed by atoms with Gasteiger partial charge in [0.1, 0.15) is 0 Å². The molecule has 1 aliphatic heterocycles. The first-order valence-corrected chi connectivity index (χ1v) is 10.4. The van der Waals surface area contributed by atoms with Crippen LogP contribution in [0.25, 0.3) is 0 Å². The summed E-state index contributed by atoms with van der Waals surface area (Å²) in [6, 6.07) is 3.73. The van der Waals surface area contributed by atoms with Gasteiger partial charge in [0.05, 0.1) is 9.79 Å². The van der Waals surface area contributed by atoms with Crippen molar-refractivity contribution in [3.63, 3.8) is 0 Å². The second-order valence-electron chi connectivity index (χ2n) is 5.33. The average molecular weight is 397 g/mol. The fraction of sp³-hybridized carbons (Fsp3) is 0.500. The maximum atomic E-state index is 12.6. The van der Waals surface area contributed by atoms with Gasteiger partial charge in [-0.05, 0) is 40.0 Å². The number of rotatable bonds is 3. The lowest BCUT2D eigenvalue weighted by Crippen LogP contribution is -2.32. The Bertz CT molecular complexity index is 751. The normalized spacial score (nSPS) is 24.4. The van der Waals surface area contributed by atoms with Crippen LogP contribution in [-0.2, 0) is 19.9 Å².